The third-order valence-corrected chi connectivity index (χ3v) is 8.87. The fraction of sp³-hybridized carbons (Fsp3) is 0.345. The number of benzene rings is 2. The molecule has 3 aromatic rings. The molecule has 198 valence electrons. The van der Waals surface area contributed by atoms with Crippen molar-refractivity contribution in [3.8, 4) is 23.0 Å². The van der Waals surface area contributed by atoms with Gasteiger partial charge in [0.2, 0.25) is 10.0 Å². The van der Waals surface area contributed by atoms with Crippen LogP contribution >= 0.6 is 0 Å². The summed E-state index contributed by atoms with van der Waals surface area (Å²) in [4.78, 5) is 13.1. The molecule has 9 heteroatoms. The summed E-state index contributed by atoms with van der Waals surface area (Å²) in [5.41, 5.74) is 2.37. The molecule has 1 amide bonds. The van der Waals surface area contributed by atoms with E-state index in [1.807, 2.05) is 36.4 Å². The molecule has 0 bridgehead atoms. The molecule has 1 saturated carbocycles. The first-order chi connectivity index (χ1) is 18.4. The number of carbonyl (C=O) groups is 1. The summed E-state index contributed by atoms with van der Waals surface area (Å²) >= 11 is 0. The van der Waals surface area contributed by atoms with Crippen LogP contribution in [0.4, 0.5) is 0 Å². The van der Waals surface area contributed by atoms with Gasteiger partial charge in [-0.05, 0) is 43.2 Å². The third-order valence-electron chi connectivity index (χ3n) is 6.82. The minimum absolute atomic E-state index is 0.0173. The second kappa shape index (κ2) is 12.2. The van der Waals surface area contributed by atoms with Crippen molar-refractivity contribution in [2.75, 3.05) is 13.1 Å². The smallest absolute Gasteiger partial charge is 0.262 e. The van der Waals surface area contributed by atoms with Gasteiger partial charge < -0.3 is 5.32 Å². The van der Waals surface area contributed by atoms with Crippen LogP contribution in [0.3, 0.4) is 0 Å². The average molecular weight is 532 g/mol. The van der Waals surface area contributed by atoms with Gasteiger partial charge in [-0.25, -0.2) is 13.1 Å². The highest BCUT2D eigenvalue weighted by atomic mass is 32.2. The van der Waals surface area contributed by atoms with Crippen LogP contribution in [-0.2, 0) is 14.8 Å². The lowest BCUT2D eigenvalue weighted by molar-refractivity contribution is -0.117. The summed E-state index contributed by atoms with van der Waals surface area (Å²) in [6.07, 6.45) is 8.41. The lowest BCUT2D eigenvalue weighted by atomic mass is 9.95. The summed E-state index contributed by atoms with van der Waals surface area (Å²) < 4.78 is 29.4. The first-order valence-electron chi connectivity index (χ1n) is 13.1. The van der Waals surface area contributed by atoms with Crippen molar-refractivity contribution in [2.24, 2.45) is 0 Å². The number of nitrogens with one attached hydrogen (secondary N) is 1. The molecular formula is C29H33N5O3S. The largest absolute Gasteiger partial charge is 0.349 e. The monoisotopic (exact) mass is 531 g/mol. The number of hydrogen-bond acceptors (Lipinski definition) is 5. The van der Waals surface area contributed by atoms with Crippen LogP contribution in [0.25, 0.3) is 23.0 Å². The van der Waals surface area contributed by atoms with Crippen LogP contribution in [-0.4, -0.2) is 47.5 Å². The van der Waals surface area contributed by atoms with E-state index in [2.05, 4.69) is 5.32 Å². The van der Waals surface area contributed by atoms with Crippen molar-refractivity contribution in [2.45, 2.75) is 56.9 Å². The summed E-state index contributed by atoms with van der Waals surface area (Å²) in [7, 11) is -3.68. The van der Waals surface area contributed by atoms with Crippen LogP contribution < -0.4 is 5.32 Å². The van der Waals surface area contributed by atoms with Crippen molar-refractivity contribution in [1.29, 1.82) is 5.26 Å². The second-order valence-electron chi connectivity index (χ2n) is 9.31. The molecule has 8 nitrogen and oxygen atoms in total. The number of nitriles is 1. The van der Waals surface area contributed by atoms with Crippen LogP contribution in [0, 0.1) is 11.3 Å². The van der Waals surface area contributed by atoms with E-state index in [1.165, 1.54) is 16.8 Å². The van der Waals surface area contributed by atoms with Gasteiger partial charge in [-0.3, -0.25) is 4.79 Å². The zero-order valence-electron chi connectivity index (χ0n) is 21.8. The number of amides is 1. The molecule has 1 heterocycles. The molecule has 4 rings (SSSR count). The zero-order chi connectivity index (χ0) is 27.1. The summed E-state index contributed by atoms with van der Waals surface area (Å²) in [5.74, 6) is -0.407. The van der Waals surface area contributed by atoms with Crippen LogP contribution in [0.5, 0.6) is 0 Å². The Bertz CT molecular complexity index is 1440. The summed E-state index contributed by atoms with van der Waals surface area (Å²) in [6.45, 7) is 4.33. The second-order valence-corrected chi connectivity index (χ2v) is 11.2. The normalized spacial score (nSPS) is 14.8. The van der Waals surface area contributed by atoms with Crippen LogP contribution in [0.2, 0.25) is 0 Å². The van der Waals surface area contributed by atoms with Crippen molar-refractivity contribution in [3.63, 3.8) is 0 Å². The standard InChI is InChI=1S/C29H33N5O3S/c1-3-33(4-2)38(36,37)27-17-11-12-22(19-27)28-24(21-34(32-28)26-15-9-6-10-16-26)18-23(20-30)29(35)31-25-13-7-5-8-14-25/h6,9-12,15-19,21,25H,3-5,7-8,13-14H2,1-2H3,(H,31,35). The average Bonchev–Trinajstić information content (AvgIpc) is 3.37. The van der Waals surface area contributed by atoms with E-state index in [0.29, 0.717) is 29.9 Å². The van der Waals surface area contributed by atoms with Gasteiger partial charge in [0.25, 0.3) is 5.91 Å². The van der Waals surface area contributed by atoms with Crippen LogP contribution in [0.15, 0.2) is 71.3 Å². The SMILES string of the molecule is CCN(CC)S(=O)(=O)c1cccc(-c2nn(-c3ccccc3)cc2C=C(C#N)C(=O)NC2CCCCC2)c1. The molecule has 1 aromatic heterocycles. The molecule has 1 N–H and O–H groups in total. The highest BCUT2D eigenvalue weighted by Crippen LogP contribution is 2.29. The molecule has 38 heavy (non-hydrogen) atoms. The number of hydrogen-bond donors (Lipinski definition) is 1. The zero-order valence-corrected chi connectivity index (χ0v) is 22.6. The maximum absolute atomic E-state index is 13.2. The molecule has 1 aliphatic carbocycles. The van der Waals surface area contributed by atoms with Crippen molar-refractivity contribution >= 4 is 22.0 Å². The van der Waals surface area contributed by atoms with Gasteiger partial charge in [-0.15, -0.1) is 0 Å². The number of nitrogens with zero attached hydrogens (tertiary/aromatic N) is 4. The Hall–Kier alpha value is -3.74. The van der Waals surface area contributed by atoms with Gasteiger partial charge in [0.05, 0.1) is 10.6 Å². The minimum atomic E-state index is -3.68. The Morgan fingerprint density at radius 3 is 2.47 bits per heavy atom. The van der Waals surface area contributed by atoms with Crippen molar-refractivity contribution in [3.05, 3.63) is 71.9 Å². The molecule has 0 aliphatic heterocycles. The molecule has 0 atom stereocenters. The van der Waals surface area contributed by atoms with Gasteiger partial charge in [0.15, 0.2) is 0 Å². The molecule has 0 unspecified atom stereocenters. The van der Waals surface area contributed by atoms with Gasteiger partial charge >= 0.3 is 0 Å². The number of para-hydroxylation sites is 1. The van der Waals surface area contributed by atoms with E-state index in [0.717, 1.165) is 31.4 Å². The lowest BCUT2D eigenvalue weighted by Gasteiger charge is -2.22. The van der Waals surface area contributed by atoms with E-state index < -0.39 is 15.9 Å². The maximum Gasteiger partial charge on any atom is 0.262 e. The number of carbonyl (C=O) groups excluding carboxylic acids is 1. The molecule has 1 fully saturated rings. The highest BCUT2D eigenvalue weighted by Gasteiger charge is 2.23. The first kappa shape index (κ1) is 27.3. The molecule has 0 spiro atoms. The van der Waals surface area contributed by atoms with Gasteiger partial charge in [-0.1, -0.05) is 63.4 Å². The summed E-state index contributed by atoms with van der Waals surface area (Å²) in [6, 6.07) is 18.2. The van der Waals surface area contributed by atoms with Gasteiger partial charge in [0.1, 0.15) is 17.3 Å². The fourth-order valence-corrected chi connectivity index (χ4v) is 6.27. The fourth-order valence-electron chi connectivity index (χ4n) is 4.76. The minimum Gasteiger partial charge on any atom is -0.349 e. The molecule has 1 aliphatic rings. The molecule has 0 radical (unpaired) electrons. The number of sulfonamides is 1. The molecular weight excluding hydrogens is 498 g/mol. The van der Waals surface area contributed by atoms with Gasteiger partial charge in [0, 0.05) is 36.5 Å². The Morgan fingerprint density at radius 2 is 1.82 bits per heavy atom. The highest BCUT2D eigenvalue weighted by molar-refractivity contribution is 7.89. The predicted molar refractivity (Wildman–Crippen MR) is 148 cm³/mol. The molecule has 0 saturated heterocycles. The Balaban J connectivity index is 1.78. The third kappa shape index (κ3) is 6.04. The predicted octanol–water partition coefficient (Wildman–Crippen LogP) is 4.93. The van der Waals surface area contributed by atoms with E-state index in [9.17, 15) is 18.5 Å². The molecule has 2 aromatic carbocycles. The van der Waals surface area contributed by atoms with E-state index in [1.54, 1.807) is 49.0 Å². The lowest BCUT2D eigenvalue weighted by Crippen LogP contribution is -2.36. The van der Waals surface area contributed by atoms with E-state index in [4.69, 9.17) is 5.10 Å². The quantitative estimate of drug-likeness (QED) is 0.311. The summed E-state index contributed by atoms with van der Waals surface area (Å²) in [5, 5.41) is 17.6. The Labute approximate surface area is 224 Å². The Morgan fingerprint density at radius 1 is 1.11 bits per heavy atom. The van der Waals surface area contributed by atoms with Crippen LogP contribution in [0.1, 0.15) is 51.5 Å². The number of rotatable bonds is 9. The first-order valence-corrected chi connectivity index (χ1v) is 14.5. The number of aromatic nitrogens is 2. The topological polar surface area (TPSA) is 108 Å². The van der Waals surface area contributed by atoms with Crippen molar-refractivity contribution < 1.29 is 13.2 Å². The Kier molecular flexibility index (Phi) is 8.77. The maximum atomic E-state index is 13.2. The van der Waals surface area contributed by atoms with E-state index in [-0.39, 0.29) is 16.5 Å². The van der Waals surface area contributed by atoms with Crippen molar-refractivity contribution in [1.82, 2.24) is 19.4 Å². The van der Waals surface area contributed by atoms with E-state index >= 15 is 0 Å². The van der Waals surface area contributed by atoms with Gasteiger partial charge in [-0.2, -0.15) is 14.7 Å².